The van der Waals surface area contributed by atoms with Gasteiger partial charge in [-0.3, -0.25) is 0 Å². The van der Waals surface area contributed by atoms with Crippen LogP contribution in [0.5, 0.6) is 0 Å². The number of hydrogen-bond acceptors (Lipinski definition) is 2. The molecule has 0 aliphatic carbocycles. The molecule has 0 aromatic heterocycles. The second-order valence-electron chi connectivity index (χ2n) is 3.60. The SMILES string of the molecule is CC[C@@H]1OC(C)(C)O[C@H]1CCI. The number of halogens is 1. The Morgan fingerprint density at radius 2 is 1.83 bits per heavy atom. The number of alkyl halides is 1. The molecule has 1 heterocycles. The first-order valence-corrected chi connectivity index (χ1v) is 6.03. The third-order valence-electron chi connectivity index (χ3n) is 2.08. The summed E-state index contributed by atoms with van der Waals surface area (Å²) in [6.45, 7) is 6.13. The van der Waals surface area contributed by atoms with Crippen molar-refractivity contribution >= 4 is 22.6 Å². The lowest BCUT2D eigenvalue weighted by molar-refractivity contribution is -0.146. The van der Waals surface area contributed by atoms with Crippen LogP contribution in [0.1, 0.15) is 33.6 Å². The fourth-order valence-electron chi connectivity index (χ4n) is 1.61. The molecule has 1 aliphatic heterocycles. The monoisotopic (exact) mass is 284 g/mol. The van der Waals surface area contributed by atoms with Gasteiger partial charge in [-0.1, -0.05) is 29.5 Å². The number of rotatable bonds is 3. The smallest absolute Gasteiger partial charge is 0.163 e. The predicted molar refractivity (Wildman–Crippen MR) is 57.6 cm³/mol. The van der Waals surface area contributed by atoms with Crippen molar-refractivity contribution < 1.29 is 9.47 Å². The maximum atomic E-state index is 5.77. The van der Waals surface area contributed by atoms with Gasteiger partial charge in [0.2, 0.25) is 0 Å². The molecule has 0 saturated carbocycles. The summed E-state index contributed by atoms with van der Waals surface area (Å²) in [5.74, 6) is -0.364. The molecule has 0 radical (unpaired) electrons. The van der Waals surface area contributed by atoms with Gasteiger partial charge >= 0.3 is 0 Å². The minimum atomic E-state index is -0.364. The lowest BCUT2D eigenvalue weighted by Crippen LogP contribution is -2.21. The highest BCUT2D eigenvalue weighted by Crippen LogP contribution is 2.31. The van der Waals surface area contributed by atoms with Gasteiger partial charge in [-0.15, -0.1) is 0 Å². The largest absolute Gasteiger partial charge is 0.345 e. The highest BCUT2D eigenvalue weighted by atomic mass is 127. The third-order valence-corrected chi connectivity index (χ3v) is 2.70. The Labute approximate surface area is 88.1 Å². The highest BCUT2D eigenvalue weighted by molar-refractivity contribution is 14.1. The van der Waals surface area contributed by atoms with Crippen molar-refractivity contribution in [1.29, 1.82) is 0 Å². The first kappa shape index (κ1) is 10.7. The number of hydrogen-bond donors (Lipinski definition) is 0. The van der Waals surface area contributed by atoms with E-state index in [-0.39, 0.29) is 5.79 Å². The lowest BCUT2D eigenvalue weighted by atomic mass is 10.1. The average Bonchev–Trinajstić information content (AvgIpc) is 2.26. The topological polar surface area (TPSA) is 18.5 Å². The van der Waals surface area contributed by atoms with E-state index in [2.05, 4.69) is 29.5 Å². The Balaban J connectivity index is 2.50. The van der Waals surface area contributed by atoms with Gasteiger partial charge in [0.15, 0.2) is 5.79 Å². The van der Waals surface area contributed by atoms with Crippen LogP contribution >= 0.6 is 22.6 Å². The van der Waals surface area contributed by atoms with Crippen LogP contribution < -0.4 is 0 Å². The van der Waals surface area contributed by atoms with Crippen molar-refractivity contribution in [1.82, 2.24) is 0 Å². The quantitative estimate of drug-likeness (QED) is 0.586. The minimum Gasteiger partial charge on any atom is -0.345 e. The molecule has 0 amide bonds. The predicted octanol–water partition coefficient (Wildman–Crippen LogP) is 2.74. The van der Waals surface area contributed by atoms with Gasteiger partial charge in [0.1, 0.15) is 0 Å². The van der Waals surface area contributed by atoms with Crippen LogP contribution in [0.25, 0.3) is 0 Å². The normalized spacial score (nSPS) is 34.0. The summed E-state index contributed by atoms with van der Waals surface area (Å²) < 4.78 is 12.6. The Morgan fingerprint density at radius 3 is 2.33 bits per heavy atom. The molecule has 0 N–H and O–H groups in total. The fourth-order valence-corrected chi connectivity index (χ4v) is 2.22. The standard InChI is InChI=1S/C9H17IO2/c1-4-7-8(5-6-10)12-9(2,3)11-7/h7-8H,4-6H2,1-3H3/t7-,8-/m0/s1. The molecule has 1 aliphatic rings. The van der Waals surface area contributed by atoms with Crippen LogP contribution in [0.15, 0.2) is 0 Å². The van der Waals surface area contributed by atoms with Crippen LogP contribution in [-0.2, 0) is 9.47 Å². The molecule has 0 spiro atoms. The Kier molecular flexibility index (Phi) is 3.79. The molecular formula is C9H17IO2. The van der Waals surface area contributed by atoms with Crippen molar-refractivity contribution in [3.05, 3.63) is 0 Å². The van der Waals surface area contributed by atoms with Crippen molar-refractivity contribution in [3.8, 4) is 0 Å². The molecule has 0 aromatic carbocycles. The van der Waals surface area contributed by atoms with Crippen molar-refractivity contribution in [2.75, 3.05) is 4.43 Å². The summed E-state index contributed by atoms with van der Waals surface area (Å²) in [5, 5.41) is 0. The molecular weight excluding hydrogens is 267 g/mol. The van der Waals surface area contributed by atoms with Crippen LogP contribution in [0.3, 0.4) is 0 Å². The molecule has 2 atom stereocenters. The maximum absolute atomic E-state index is 5.77. The first-order valence-electron chi connectivity index (χ1n) is 4.50. The van der Waals surface area contributed by atoms with E-state index in [0.717, 1.165) is 17.3 Å². The molecule has 0 bridgehead atoms. The van der Waals surface area contributed by atoms with Crippen LogP contribution in [-0.4, -0.2) is 22.4 Å². The summed E-state index contributed by atoms with van der Waals surface area (Å²) in [6, 6.07) is 0. The zero-order chi connectivity index (χ0) is 9.19. The van der Waals surface area contributed by atoms with E-state index < -0.39 is 0 Å². The third kappa shape index (κ3) is 2.57. The van der Waals surface area contributed by atoms with Gasteiger partial charge < -0.3 is 9.47 Å². The summed E-state index contributed by atoms with van der Waals surface area (Å²) in [4.78, 5) is 0. The molecule has 72 valence electrons. The molecule has 2 nitrogen and oxygen atoms in total. The van der Waals surface area contributed by atoms with Gasteiger partial charge in [-0.25, -0.2) is 0 Å². The van der Waals surface area contributed by atoms with Crippen LogP contribution in [0.2, 0.25) is 0 Å². The van der Waals surface area contributed by atoms with Gasteiger partial charge in [0.05, 0.1) is 12.2 Å². The Bertz CT molecular complexity index is 147. The molecule has 1 rings (SSSR count). The second-order valence-corrected chi connectivity index (χ2v) is 4.68. The van der Waals surface area contributed by atoms with E-state index >= 15 is 0 Å². The zero-order valence-electron chi connectivity index (χ0n) is 7.97. The lowest BCUT2D eigenvalue weighted by Gasteiger charge is -2.16. The molecule has 1 fully saturated rings. The highest BCUT2D eigenvalue weighted by Gasteiger charge is 2.39. The van der Waals surface area contributed by atoms with Crippen LogP contribution in [0, 0.1) is 0 Å². The van der Waals surface area contributed by atoms with Crippen molar-refractivity contribution in [2.24, 2.45) is 0 Å². The Morgan fingerprint density at radius 1 is 1.25 bits per heavy atom. The van der Waals surface area contributed by atoms with E-state index in [0.29, 0.717) is 12.2 Å². The summed E-state index contributed by atoms with van der Waals surface area (Å²) in [7, 11) is 0. The van der Waals surface area contributed by atoms with E-state index in [1.54, 1.807) is 0 Å². The molecule has 1 saturated heterocycles. The molecule has 3 heteroatoms. The fraction of sp³-hybridized carbons (Fsp3) is 1.00. The number of ether oxygens (including phenoxy) is 2. The zero-order valence-corrected chi connectivity index (χ0v) is 10.1. The summed E-state index contributed by atoms with van der Waals surface area (Å²) in [6.07, 6.45) is 2.75. The Hall–Kier alpha value is 0.650. The van der Waals surface area contributed by atoms with E-state index in [9.17, 15) is 0 Å². The van der Waals surface area contributed by atoms with Crippen molar-refractivity contribution in [2.45, 2.75) is 51.6 Å². The molecule has 0 aromatic rings. The summed E-state index contributed by atoms with van der Waals surface area (Å²) >= 11 is 2.38. The average molecular weight is 284 g/mol. The first-order chi connectivity index (χ1) is 5.59. The van der Waals surface area contributed by atoms with Gasteiger partial charge in [0.25, 0.3) is 0 Å². The van der Waals surface area contributed by atoms with Gasteiger partial charge in [-0.05, 0) is 26.7 Å². The molecule has 0 unspecified atom stereocenters. The van der Waals surface area contributed by atoms with Crippen molar-refractivity contribution in [3.63, 3.8) is 0 Å². The van der Waals surface area contributed by atoms with E-state index in [1.165, 1.54) is 0 Å². The van der Waals surface area contributed by atoms with Gasteiger partial charge in [-0.2, -0.15) is 0 Å². The second kappa shape index (κ2) is 4.24. The molecule has 12 heavy (non-hydrogen) atoms. The maximum Gasteiger partial charge on any atom is 0.163 e. The van der Waals surface area contributed by atoms with Gasteiger partial charge in [0, 0.05) is 4.43 Å². The van der Waals surface area contributed by atoms with Crippen LogP contribution in [0.4, 0.5) is 0 Å². The van der Waals surface area contributed by atoms with E-state index in [4.69, 9.17) is 9.47 Å². The van der Waals surface area contributed by atoms with E-state index in [1.807, 2.05) is 13.8 Å². The summed E-state index contributed by atoms with van der Waals surface area (Å²) in [5.41, 5.74) is 0. The minimum absolute atomic E-state index is 0.301.